The van der Waals surface area contributed by atoms with Crippen LogP contribution in [-0.4, -0.2) is 11.1 Å². The maximum Gasteiger partial charge on any atom is 0.287 e. The van der Waals surface area contributed by atoms with Crippen LogP contribution in [0.4, 0.5) is 0 Å². The summed E-state index contributed by atoms with van der Waals surface area (Å²) >= 11 is 0. The first kappa shape index (κ1) is 12.2. The summed E-state index contributed by atoms with van der Waals surface area (Å²) in [7, 11) is 0. The van der Waals surface area contributed by atoms with Gasteiger partial charge in [-0.2, -0.15) is 0 Å². The first-order chi connectivity index (χ1) is 9.83. The molecule has 0 aliphatic carbocycles. The molecule has 0 radical (unpaired) electrons. The molecule has 0 spiro atoms. The summed E-state index contributed by atoms with van der Waals surface area (Å²) in [6.07, 6.45) is 1.46. The number of nitrogens with zero attached hydrogens (tertiary/aromatic N) is 1. The third-order valence-corrected chi connectivity index (χ3v) is 2.80. The number of nitrogens with one attached hydrogen (secondary N) is 1. The Bertz CT molecular complexity index is 687. The number of amides is 1. The average molecular weight is 268 g/mol. The van der Waals surface area contributed by atoms with Gasteiger partial charge in [-0.05, 0) is 12.1 Å². The lowest BCUT2D eigenvalue weighted by Gasteiger charge is -1.98. The van der Waals surface area contributed by atoms with Gasteiger partial charge in [-0.3, -0.25) is 4.79 Å². The summed E-state index contributed by atoms with van der Waals surface area (Å²) in [5, 5.41) is 6.68. The van der Waals surface area contributed by atoms with E-state index in [-0.39, 0.29) is 18.2 Å². The number of hydrogen-bond acceptors (Lipinski definition) is 4. The standard InChI is InChI=1S/C15H12N2O3/c18-15(14-7-4-8-19-14)16-10-12-9-13(17-20-12)11-5-2-1-3-6-11/h1-9H,10H2,(H,16,18). The van der Waals surface area contributed by atoms with Crippen LogP contribution in [0.2, 0.25) is 0 Å². The van der Waals surface area contributed by atoms with E-state index >= 15 is 0 Å². The van der Waals surface area contributed by atoms with Crippen molar-refractivity contribution in [1.82, 2.24) is 10.5 Å². The number of furan rings is 1. The summed E-state index contributed by atoms with van der Waals surface area (Å²) in [5.41, 5.74) is 1.72. The number of rotatable bonds is 4. The quantitative estimate of drug-likeness (QED) is 0.790. The maximum atomic E-state index is 11.7. The van der Waals surface area contributed by atoms with Crippen LogP contribution in [0.3, 0.4) is 0 Å². The highest BCUT2D eigenvalue weighted by Crippen LogP contribution is 2.18. The molecule has 3 aromatic rings. The molecule has 100 valence electrons. The number of carbonyl (C=O) groups is 1. The zero-order chi connectivity index (χ0) is 13.8. The van der Waals surface area contributed by atoms with Crippen LogP contribution in [0.5, 0.6) is 0 Å². The Morgan fingerprint density at radius 1 is 1.15 bits per heavy atom. The summed E-state index contributed by atoms with van der Waals surface area (Å²) < 4.78 is 10.2. The van der Waals surface area contributed by atoms with Crippen molar-refractivity contribution in [1.29, 1.82) is 0 Å². The molecule has 0 saturated carbocycles. The Kier molecular flexibility index (Phi) is 3.33. The van der Waals surface area contributed by atoms with Gasteiger partial charge in [0.05, 0.1) is 12.8 Å². The van der Waals surface area contributed by atoms with E-state index in [0.717, 1.165) is 11.3 Å². The molecule has 5 nitrogen and oxygen atoms in total. The van der Waals surface area contributed by atoms with Crippen LogP contribution in [0.1, 0.15) is 16.3 Å². The van der Waals surface area contributed by atoms with Gasteiger partial charge >= 0.3 is 0 Å². The molecule has 2 heterocycles. The van der Waals surface area contributed by atoms with Crippen LogP contribution in [0.25, 0.3) is 11.3 Å². The Labute approximate surface area is 115 Å². The molecule has 0 aliphatic heterocycles. The number of carbonyl (C=O) groups excluding carboxylic acids is 1. The highest BCUT2D eigenvalue weighted by molar-refractivity contribution is 5.91. The molecule has 0 bridgehead atoms. The van der Waals surface area contributed by atoms with Crippen LogP contribution < -0.4 is 5.32 Å². The van der Waals surface area contributed by atoms with E-state index in [0.29, 0.717) is 5.76 Å². The highest BCUT2D eigenvalue weighted by Gasteiger charge is 2.10. The molecule has 20 heavy (non-hydrogen) atoms. The van der Waals surface area contributed by atoms with E-state index in [1.165, 1.54) is 6.26 Å². The fourth-order valence-electron chi connectivity index (χ4n) is 1.80. The van der Waals surface area contributed by atoms with Crippen molar-refractivity contribution < 1.29 is 13.7 Å². The largest absolute Gasteiger partial charge is 0.459 e. The zero-order valence-electron chi connectivity index (χ0n) is 10.6. The fraction of sp³-hybridized carbons (Fsp3) is 0.0667. The molecule has 0 fully saturated rings. The monoisotopic (exact) mass is 268 g/mol. The van der Waals surface area contributed by atoms with Gasteiger partial charge in [0.2, 0.25) is 0 Å². The van der Waals surface area contributed by atoms with Crippen molar-refractivity contribution in [3.63, 3.8) is 0 Å². The molecule has 0 saturated heterocycles. The number of hydrogen-bond donors (Lipinski definition) is 1. The van der Waals surface area contributed by atoms with Crippen molar-refractivity contribution in [2.45, 2.75) is 6.54 Å². The molecular weight excluding hydrogens is 256 g/mol. The fourth-order valence-corrected chi connectivity index (χ4v) is 1.80. The molecule has 0 aliphatic rings. The molecule has 1 amide bonds. The van der Waals surface area contributed by atoms with Gasteiger partial charge in [-0.1, -0.05) is 35.5 Å². The van der Waals surface area contributed by atoms with Gasteiger partial charge in [0, 0.05) is 11.6 Å². The van der Waals surface area contributed by atoms with Crippen molar-refractivity contribution in [2.24, 2.45) is 0 Å². The normalized spacial score (nSPS) is 10.4. The minimum atomic E-state index is -0.285. The molecular formula is C15H12N2O3. The van der Waals surface area contributed by atoms with E-state index in [4.69, 9.17) is 8.94 Å². The van der Waals surface area contributed by atoms with Crippen LogP contribution in [-0.2, 0) is 6.54 Å². The number of aromatic nitrogens is 1. The van der Waals surface area contributed by atoms with E-state index in [9.17, 15) is 4.79 Å². The third-order valence-electron chi connectivity index (χ3n) is 2.80. The summed E-state index contributed by atoms with van der Waals surface area (Å²) in [6.45, 7) is 0.263. The molecule has 3 rings (SSSR count). The van der Waals surface area contributed by atoms with Crippen LogP contribution >= 0.6 is 0 Å². The van der Waals surface area contributed by atoms with E-state index in [1.807, 2.05) is 30.3 Å². The zero-order valence-corrected chi connectivity index (χ0v) is 10.6. The lowest BCUT2D eigenvalue weighted by molar-refractivity contribution is 0.0919. The van der Waals surface area contributed by atoms with Crippen LogP contribution in [0.15, 0.2) is 63.7 Å². The first-order valence-corrected chi connectivity index (χ1v) is 6.15. The summed E-state index contributed by atoms with van der Waals surface area (Å²) in [6, 6.07) is 14.8. The second-order valence-corrected chi connectivity index (χ2v) is 4.20. The summed E-state index contributed by atoms with van der Waals surface area (Å²) in [4.78, 5) is 11.7. The highest BCUT2D eigenvalue weighted by atomic mass is 16.5. The second kappa shape index (κ2) is 5.44. The lowest BCUT2D eigenvalue weighted by Crippen LogP contribution is -2.21. The topological polar surface area (TPSA) is 68.3 Å². The van der Waals surface area contributed by atoms with Crippen LogP contribution in [0, 0.1) is 0 Å². The van der Waals surface area contributed by atoms with Gasteiger partial charge < -0.3 is 14.3 Å². The lowest BCUT2D eigenvalue weighted by atomic mass is 10.1. The van der Waals surface area contributed by atoms with Crippen molar-refractivity contribution in [3.8, 4) is 11.3 Å². The minimum Gasteiger partial charge on any atom is -0.459 e. The van der Waals surface area contributed by atoms with Crippen molar-refractivity contribution in [2.75, 3.05) is 0 Å². The van der Waals surface area contributed by atoms with E-state index < -0.39 is 0 Å². The van der Waals surface area contributed by atoms with Gasteiger partial charge in [0.25, 0.3) is 5.91 Å². The van der Waals surface area contributed by atoms with Crippen molar-refractivity contribution >= 4 is 5.91 Å². The van der Waals surface area contributed by atoms with E-state index in [2.05, 4.69) is 10.5 Å². The van der Waals surface area contributed by atoms with Gasteiger partial charge in [0.15, 0.2) is 11.5 Å². The van der Waals surface area contributed by atoms with Crippen molar-refractivity contribution in [3.05, 3.63) is 66.3 Å². The second-order valence-electron chi connectivity index (χ2n) is 4.20. The Hall–Kier alpha value is -2.82. The molecule has 2 aromatic heterocycles. The maximum absolute atomic E-state index is 11.7. The van der Waals surface area contributed by atoms with Gasteiger partial charge in [-0.25, -0.2) is 0 Å². The predicted octanol–water partition coefficient (Wildman–Crippen LogP) is 2.86. The Morgan fingerprint density at radius 2 is 2.00 bits per heavy atom. The van der Waals surface area contributed by atoms with E-state index in [1.54, 1.807) is 18.2 Å². The molecule has 1 N–H and O–H groups in total. The molecule has 5 heteroatoms. The van der Waals surface area contributed by atoms with Gasteiger partial charge in [-0.15, -0.1) is 0 Å². The summed E-state index contributed by atoms with van der Waals surface area (Å²) in [5.74, 6) is 0.573. The number of benzene rings is 1. The average Bonchev–Trinajstić information content (AvgIpc) is 3.17. The smallest absolute Gasteiger partial charge is 0.287 e. The Morgan fingerprint density at radius 3 is 2.75 bits per heavy atom. The molecule has 0 atom stereocenters. The SMILES string of the molecule is O=C(NCc1cc(-c2ccccc2)no1)c1ccco1. The third kappa shape index (κ3) is 2.61. The predicted molar refractivity (Wildman–Crippen MR) is 71.8 cm³/mol. The first-order valence-electron chi connectivity index (χ1n) is 6.15. The minimum absolute atomic E-state index is 0.263. The Balaban J connectivity index is 1.65. The molecule has 1 aromatic carbocycles. The molecule has 0 unspecified atom stereocenters. The van der Waals surface area contributed by atoms with Gasteiger partial charge in [0.1, 0.15) is 5.69 Å².